The van der Waals surface area contributed by atoms with Crippen molar-refractivity contribution in [3.63, 3.8) is 0 Å². The number of nitrogens with one attached hydrogen (secondary N) is 1. The lowest BCUT2D eigenvalue weighted by molar-refractivity contribution is -0.133. The molecule has 0 radical (unpaired) electrons. The first-order valence-electron chi connectivity index (χ1n) is 8.29. The van der Waals surface area contributed by atoms with E-state index in [2.05, 4.69) is 25.0 Å². The third-order valence-electron chi connectivity index (χ3n) is 4.14. The fourth-order valence-corrected chi connectivity index (χ4v) is 3.63. The number of nitrogens with zero attached hydrogens (tertiary/aromatic N) is 5. The van der Waals surface area contributed by atoms with Crippen LogP contribution in [-0.2, 0) is 16.6 Å². The highest BCUT2D eigenvalue weighted by Crippen LogP contribution is 2.28. The van der Waals surface area contributed by atoms with Gasteiger partial charge in [0, 0.05) is 7.05 Å². The normalized spacial score (nSPS) is 12.4. The minimum absolute atomic E-state index is 0.0114. The van der Waals surface area contributed by atoms with Crippen molar-refractivity contribution in [2.24, 2.45) is 7.05 Å². The van der Waals surface area contributed by atoms with Crippen molar-refractivity contribution in [1.29, 1.82) is 0 Å². The Kier molecular flexibility index (Phi) is 4.70. The number of aromatic nitrogens is 6. The van der Waals surface area contributed by atoms with Crippen LogP contribution in [0.5, 0.6) is 0 Å². The topological polar surface area (TPSA) is 119 Å². The van der Waals surface area contributed by atoms with Gasteiger partial charge in [-0.05, 0) is 12.1 Å². The zero-order valence-corrected chi connectivity index (χ0v) is 15.9. The van der Waals surface area contributed by atoms with Gasteiger partial charge in [0.1, 0.15) is 28.5 Å². The summed E-state index contributed by atoms with van der Waals surface area (Å²) in [6.07, 6.45) is 3.10. The van der Waals surface area contributed by atoms with Crippen LogP contribution in [0.25, 0.3) is 27.6 Å². The molecule has 28 heavy (non-hydrogen) atoms. The van der Waals surface area contributed by atoms with Crippen LogP contribution in [0.2, 0.25) is 0 Å². The molecule has 0 bridgehead atoms. The van der Waals surface area contributed by atoms with Crippen LogP contribution >= 0.6 is 11.8 Å². The van der Waals surface area contributed by atoms with Gasteiger partial charge in [0.05, 0.1) is 35.5 Å². The number of methoxy groups -OCH3 is 1. The molecule has 2 N–H and O–H groups in total. The first kappa shape index (κ1) is 18.0. The predicted octanol–water partition coefficient (Wildman–Crippen LogP) is 2.47. The molecular formula is C18H16N6O3S. The number of fused-ring (bicyclic) bond motifs is 2. The van der Waals surface area contributed by atoms with Crippen molar-refractivity contribution in [3.05, 3.63) is 48.4 Å². The molecule has 10 heteroatoms. The zero-order valence-electron chi connectivity index (χ0n) is 15.1. The molecule has 1 aromatic carbocycles. The molecule has 0 saturated carbocycles. The van der Waals surface area contributed by atoms with Crippen molar-refractivity contribution < 1.29 is 14.6 Å². The number of rotatable bonds is 5. The predicted molar refractivity (Wildman–Crippen MR) is 105 cm³/mol. The van der Waals surface area contributed by atoms with E-state index in [4.69, 9.17) is 4.74 Å². The van der Waals surface area contributed by atoms with Crippen LogP contribution in [0.1, 0.15) is 5.82 Å². The zero-order chi connectivity index (χ0) is 19.7. The van der Waals surface area contributed by atoms with E-state index in [1.165, 1.54) is 25.2 Å². The Hall–Kier alpha value is -3.40. The molecular weight excluding hydrogens is 380 g/mol. The molecule has 4 rings (SSSR count). The summed E-state index contributed by atoms with van der Waals surface area (Å²) in [5.41, 5.74) is 2.12. The van der Waals surface area contributed by atoms with Crippen LogP contribution in [-0.4, -0.2) is 53.7 Å². The summed E-state index contributed by atoms with van der Waals surface area (Å²) in [5, 5.41) is 16.3. The van der Waals surface area contributed by atoms with Gasteiger partial charge in [-0.1, -0.05) is 23.9 Å². The third kappa shape index (κ3) is 3.18. The SMILES string of the molecule is COC(=O)C(=C(O)CSc1ncnc2c1cnn2C)c1nc2ccccc2[nH]1. The van der Waals surface area contributed by atoms with E-state index in [1.807, 2.05) is 24.3 Å². The Morgan fingerprint density at radius 1 is 1.32 bits per heavy atom. The molecule has 4 aromatic rings. The van der Waals surface area contributed by atoms with Crippen molar-refractivity contribution in [2.45, 2.75) is 5.03 Å². The third-order valence-corrected chi connectivity index (χ3v) is 5.16. The molecule has 0 spiro atoms. The van der Waals surface area contributed by atoms with Gasteiger partial charge in [0.25, 0.3) is 0 Å². The molecule has 3 aromatic heterocycles. The largest absolute Gasteiger partial charge is 0.510 e. The Morgan fingerprint density at radius 3 is 2.93 bits per heavy atom. The minimum atomic E-state index is -0.675. The van der Waals surface area contributed by atoms with Gasteiger partial charge >= 0.3 is 5.97 Å². The average Bonchev–Trinajstić information content (AvgIpc) is 3.30. The van der Waals surface area contributed by atoms with Gasteiger partial charge in [-0.15, -0.1) is 0 Å². The molecule has 142 valence electrons. The fourth-order valence-electron chi connectivity index (χ4n) is 2.79. The number of aliphatic hydroxyl groups is 1. The van der Waals surface area contributed by atoms with Crippen molar-refractivity contribution >= 4 is 45.4 Å². The molecule has 0 amide bonds. The van der Waals surface area contributed by atoms with Gasteiger partial charge in [0.15, 0.2) is 5.65 Å². The second-order valence-corrected chi connectivity index (χ2v) is 6.85. The summed E-state index contributed by atoms with van der Waals surface area (Å²) in [5.74, 6) is -0.485. The van der Waals surface area contributed by atoms with E-state index in [9.17, 15) is 9.90 Å². The second kappa shape index (κ2) is 7.31. The molecule has 0 aliphatic carbocycles. The summed E-state index contributed by atoms with van der Waals surface area (Å²) in [6.45, 7) is 0. The summed E-state index contributed by atoms with van der Waals surface area (Å²) >= 11 is 1.27. The standard InChI is InChI=1S/C18H16N6O3S/c1-24-16-10(7-21-24)17(20-9-19-16)28-8-13(25)14(18(26)27-2)15-22-11-5-3-4-6-12(11)23-15/h3-7,9,25H,8H2,1-2H3,(H,22,23). The monoisotopic (exact) mass is 396 g/mol. The number of hydrogen-bond donors (Lipinski definition) is 2. The molecule has 9 nitrogen and oxygen atoms in total. The molecule has 0 aliphatic heterocycles. The molecule has 0 fully saturated rings. The average molecular weight is 396 g/mol. The highest BCUT2D eigenvalue weighted by atomic mass is 32.2. The maximum absolute atomic E-state index is 12.3. The van der Waals surface area contributed by atoms with E-state index < -0.39 is 5.97 Å². The molecule has 3 heterocycles. The summed E-state index contributed by atoms with van der Waals surface area (Å²) in [4.78, 5) is 28.2. The Balaban J connectivity index is 1.69. The molecule has 0 unspecified atom stereocenters. The highest BCUT2D eigenvalue weighted by molar-refractivity contribution is 7.99. The number of imidazole rings is 1. The first-order chi connectivity index (χ1) is 13.6. The van der Waals surface area contributed by atoms with Crippen LogP contribution in [0.4, 0.5) is 0 Å². The Bertz CT molecular complexity index is 1180. The lowest BCUT2D eigenvalue weighted by atomic mass is 10.2. The number of carbonyl (C=O) groups is 1. The van der Waals surface area contributed by atoms with Gasteiger partial charge in [-0.25, -0.2) is 19.7 Å². The molecule has 0 saturated heterocycles. The number of H-pyrrole nitrogens is 1. The van der Waals surface area contributed by atoms with Gasteiger partial charge in [0.2, 0.25) is 0 Å². The smallest absolute Gasteiger partial charge is 0.345 e. The first-order valence-corrected chi connectivity index (χ1v) is 9.28. The van der Waals surface area contributed by atoms with E-state index in [0.29, 0.717) is 16.2 Å². The molecule has 0 atom stereocenters. The Labute approximate surface area is 163 Å². The maximum atomic E-state index is 12.3. The van der Waals surface area contributed by atoms with Crippen LogP contribution < -0.4 is 0 Å². The number of thioether (sulfide) groups is 1. The minimum Gasteiger partial charge on any atom is -0.510 e. The van der Waals surface area contributed by atoms with E-state index in [-0.39, 0.29) is 22.9 Å². The number of carbonyl (C=O) groups excluding carboxylic acids is 1. The lowest BCUT2D eigenvalue weighted by Crippen LogP contribution is -2.10. The number of aliphatic hydroxyl groups excluding tert-OH is 1. The van der Waals surface area contributed by atoms with Crippen LogP contribution in [0.15, 0.2) is 47.6 Å². The second-order valence-electron chi connectivity index (χ2n) is 5.89. The number of aromatic amines is 1. The summed E-state index contributed by atoms with van der Waals surface area (Å²) < 4.78 is 6.49. The number of esters is 1. The number of para-hydroxylation sites is 2. The fraction of sp³-hybridized carbons (Fsp3) is 0.167. The Morgan fingerprint density at radius 2 is 2.14 bits per heavy atom. The summed E-state index contributed by atoms with van der Waals surface area (Å²) in [6, 6.07) is 7.36. The quantitative estimate of drug-likeness (QED) is 0.174. The number of ether oxygens (including phenoxy) is 1. The lowest BCUT2D eigenvalue weighted by Gasteiger charge is -2.07. The van der Waals surface area contributed by atoms with E-state index in [1.54, 1.807) is 17.9 Å². The van der Waals surface area contributed by atoms with E-state index in [0.717, 1.165) is 10.9 Å². The number of hydrogen-bond acceptors (Lipinski definition) is 8. The maximum Gasteiger partial charge on any atom is 0.345 e. The van der Waals surface area contributed by atoms with E-state index >= 15 is 0 Å². The van der Waals surface area contributed by atoms with Gasteiger partial charge < -0.3 is 14.8 Å². The number of benzene rings is 1. The van der Waals surface area contributed by atoms with Crippen molar-refractivity contribution in [3.8, 4) is 0 Å². The van der Waals surface area contributed by atoms with Crippen LogP contribution in [0.3, 0.4) is 0 Å². The van der Waals surface area contributed by atoms with Gasteiger partial charge in [-0.2, -0.15) is 5.10 Å². The summed E-state index contributed by atoms with van der Waals surface area (Å²) in [7, 11) is 3.05. The van der Waals surface area contributed by atoms with Crippen molar-refractivity contribution in [1.82, 2.24) is 29.7 Å². The van der Waals surface area contributed by atoms with Crippen LogP contribution in [0, 0.1) is 0 Å². The van der Waals surface area contributed by atoms with Gasteiger partial charge in [-0.3, -0.25) is 4.68 Å². The number of aryl methyl sites for hydroxylation is 1. The highest BCUT2D eigenvalue weighted by Gasteiger charge is 2.22. The molecule has 0 aliphatic rings. The van der Waals surface area contributed by atoms with Crippen molar-refractivity contribution in [2.75, 3.05) is 12.9 Å².